The number of furan rings is 1. The molecule has 1 aromatic heterocycles. The summed E-state index contributed by atoms with van der Waals surface area (Å²) in [5.74, 6) is 2.09. The minimum atomic E-state index is 0.229. The van der Waals surface area contributed by atoms with Crippen LogP contribution in [0.4, 0.5) is 0 Å². The van der Waals surface area contributed by atoms with Crippen LogP contribution in [-0.2, 0) is 6.42 Å². The highest BCUT2D eigenvalue weighted by Gasteiger charge is 2.22. The molecular weight excluding hydrogens is 126 g/mol. The number of nitrogens with two attached hydrogens (primary N) is 1. The molecule has 1 heterocycles. The standard InChI is InChI=1S/C8H11NO/c1-5-4-6-7(9)2-3-8(6)10-5/h4,7H,2-3,9H2,1H3. The summed E-state index contributed by atoms with van der Waals surface area (Å²) in [6, 6.07) is 2.28. The van der Waals surface area contributed by atoms with Gasteiger partial charge in [0.15, 0.2) is 0 Å². The van der Waals surface area contributed by atoms with E-state index < -0.39 is 0 Å². The van der Waals surface area contributed by atoms with Crippen LogP contribution in [0.3, 0.4) is 0 Å². The average Bonchev–Trinajstić information content (AvgIpc) is 2.35. The number of rotatable bonds is 0. The molecule has 2 N–H and O–H groups in total. The van der Waals surface area contributed by atoms with Gasteiger partial charge in [-0.2, -0.15) is 0 Å². The lowest BCUT2D eigenvalue weighted by atomic mass is 10.2. The molecule has 2 rings (SSSR count). The van der Waals surface area contributed by atoms with Gasteiger partial charge in [-0.3, -0.25) is 0 Å². The summed E-state index contributed by atoms with van der Waals surface area (Å²) in [4.78, 5) is 0. The molecule has 2 heteroatoms. The molecule has 1 unspecified atom stereocenters. The third kappa shape index (κ3) is 0.688. The predicted molar refractivity (Wildman–Crippen MR) is 38.7 cm³/mol. The summed E-state index contributed by atoms with van der Waals surface area (Å²) in [5.41, 5.74) is 7.02. The summed E-state index contributed by atoms with van der Waals surface area (Å²) in [5, 5.41) is 0. The lowest BCUT2D eigenvalue weighted by Gasteiger charge is -1.96. The van der Waals surface area contributed by atoms with Crippen molar-refractivity contribution in [2.24, 2.45) is 5.73 Å². The van der Waals surface area contributed by atoms with Gasteiger partial charge >= 0.3 is 0 Å². The van der Waals surface area contributed by atoms with Crippen LogP contribution in [0.25, 0.3) is 0 Å². The topological polar surface area (TPSA) is 39.2 Å². The van der Waals surface area contributed by atoms with Gasteiger partial charge in [-0.1, -0.05) is 0 Å². The van der Waals surface area contributed by atoms with Crippen LogP contribution in [0.1, 0.15) is 29.5 Å². The normalized spacial score (nSPS) is 23.2. The van der Waals surface area contributed by atoms with Gasteiger partial charge in [0.2, 0.25) is 0 Å². The lowest BCUT2D eigenvalue weighted by molar-refractivity contribution is 0.487. The molecule has 10 heavy (non-hydrogen) atoms. The Hall–Kier alpha value is -0.760. The minimum Gasteiger partial charge on any atom is -0.466 e. The predicted octanol–water partition coefficient (Wildman–Crippen LogP) is 1.53. The van der Waals surface area contributed by atoms with Gasteiger partial charge < -0.3 is 10.2 Å². The summed E-state index contributed by atoms with van der Waals surface area (Å²) in [6.45, 7) is 1.96. The first-order valence-electron chi connectivity index (χ1n) is 3.62. The number of fused-ring (bicyclic) bond motifs is 1. The van der Waals surface area contributed by atoms with E-state index in [1.54, 1.807) is 0 Å². The quantitative estimate of drug-likeness (QED) is 0.589. The Bertz CT molecular complexity index is 252. The molecular formula is C8H11NO. The maximum Gasteiger partial charge on any atom is 0.108 e. The summed E-state index contributed by atoms with van der Waals surface area (Å²) in [7, 11) is 0. The average molecular weight is 137 g/mol. The molecule has 0 aromatic carbocycles. The first kappa shape index (κ1) is 5.98. The van der Waals surface area contributed by atoms with Crippen molar-refractivity contribution in [3.63, 3.8) is 0 Å². The molecule has 1 atom stereocenters. The number of hydrogen-bond donors (Lipinski definition) is 1. The van der Waals surface area contributed by atoms with E-state index in [-0.39, 0.29) is 6.04 Å². The Morgan fingerprint density at radius 2 is 2.50 bits per heavy atom. The molecule has 0 fully saturated rings. The van der Waals surface area contributed by atoms with Crippen molar-refractivity contribution in [2.45, 2.75) is 25.8 Å². The first-order valence-corrected chi connectivity index (χ1v) is 3.62. The lowest BCUT2D eigenvalue weighted by Crippen LogP contribution is -2.03. The van der Waals surface area contributed by atoms with Crippen molar-refractivity contribution in [1.29, 1.82) is 0 Å². The third-order valence-electron chi connectivity index (χ3n) is 2.05. The molecule has 2 nitrogen and oxygen atoms in total. The highest BCUT2D eigenvalue weighted by atomic mass is 16.3. The molecule has 0 saturated heterocycles. The second-order valence-corrected chi connectivity index (χ2v) is 2.88. The van der Waals surface area contributed by atoms with Gasteiger partial charge in [-0.15, -0.1) is 0 Å². The SMILES string of the molecule is Cc1cc2c(o1)CCC2N. The van der Waals surface area contributed by atoms with Crippen LogP contribution in [0.2, 0.25) is 0 Å². The van der Waals surface area contributed by atoms with Crippen LogP contribution >= 0.6 is 0 Å². The van der Waals surface area contributed by atoms with E-state index in [4.69, 9.17) is 10.2 Å². The first-order chi connectivity index (χ1) is 4.77. The largest absolute Gasteiger partial charge is 0.466 e. The third-order valence-corrected chi connectivity index (χ3v) is 2.05. The van der Waals surface area contributed by atoms with Crippen molar-refractivity contribution in [3.05, 3.63) is 23.2 Å². The highest BCUT2D eigenvalue weighted by molar-refractivity contribution is 5.28. The summed E-state index contributed by atoms with van der Waals surface area (Å²) < 4.78 is 5.42. The zero-order valence-corrected chi connectivity index (χ0v) is 6.05. The fourth-order valence-corrected chi connectivity index (χ4v) is 1.53. The van der Waals surface area contributed by atoms with Gasteiger partial charge in [0.05, 0.1) is 0 Å². The number of aryl methyl sites for hydroxylation is 2. The van der Waals surface area contributed by atoms with Gasteiger partial charge in [0, 0.05) is 18.0 Å². The second kappa shape index (κ2) is 1.86. The molecule has 0 saturated carbocycles. The smallest absolute Gasteiger partial charge is 0.108 e. The highest BCUT2D eigenvalue weighted by Crippen LogP contribution is 2.31. The molecule has 0 radical (unpaired) electrons. The molecule has 1 aliphatic carbocycles. The Morgan fingerprint density at radius 3 is 3.20 bits per heavy atom. The maximum atomic E-state index is 5.80. The molecule has 1 aromatic rings. The molecule has 54 valence electrons. The van der Waals surface area contributed by atoms with Gasteiger partial charge in [-0.25, -0.2) is 0 Å². The van der Waals surface area contributed by atoms with E-state index in [9.17, 15) is 0 Å². The van der Waals surface area contributed by atoms with Crippen molar-refractivity contribution < 1.29 is 4.42 Å². The Balaban J connectivity index is 2.49. The van der Waals surface area contributed by atoms with Crippen LogP contribution < -0.4 is 5.73 Å². The van der Waals surface area contributed by atoms with Gasteiger partial charge in [0.25, 0.3) is 0 Å². The Morgan fingerprint density at radius 1 is 1.70 bits per heavy atom. The molecule has 0 bridgehead atoms. The van der Waals surface area contributed by atoms with E-state index in [0.717, 1.165) is 24.4 Å². The van der Waals surface area contributed by atoms with E-state index in [1.807, 2.05) is 13.0 Å². The minimum absolute atomic E-state index is 0.229. The summed E-state index contributed by atoms with van der Waals surface area (Å²) >= 11 is 0. The van der Waals surface area contributed by atoms with E-state index in [2.05, 4.69) is 0 Å². The Labute approximate surface area is 60.0 Å². The molecule has 0 spiro atoms. The van der Waals surface area contributed by atoms with Crippen LogP contribution in [-0.4, -0.2) is 0 Å². The maximum absolute atomic E-state index is 5.80. The van der Waals surface area contributed by atoms with Gasteiger partial charge in [-0.05, 0) is 19.4 Å². The van der Waals surface area contributed by atoms with Crippen molar-refractivity contribution >= 4 is 0 Å². The fraction of sp³-hybridized carbons (Fsp3) is 0.500. The zero-order chi connectivity index (χ0) is 7.14. The monoisotopic (exact) mass is 137 g/mol. The van der Waals surface area contributed by atoms with Crippen LogP contribution in [0.15, 0.2) is 10.5 Å². The van der Waals surface area contributed by atoms with Crippen LogP contribution in [0.5, 0.6) is 0 Å². The van der Waals surface area contributed by atoms with E-state index >= 15 is 0 Å². The molecule has 0 aliphatic heterocycles. The van der Waals surface area contributed by atoms with Crippen molar-refractivity contribution in [3.8, 4) is 0 Å². The number of hydrogen-bond acceptors (Lipinski definition) is 2. The second-order valence-electron chi connectivity index (χ2n) is 2.88. The van der Waals surface area contributed by atoms with Gasteiger partial charge in [0.1, 0.15) is 11.5 Å². The fourth-order valence-electron chi connectivity index (χ4n) is 1.53. The van der Waals surface area contributed by atoms with E-state index in [0.29, 0.717) is 0 Å². The van der Waals surface area contributed by atoms with Crippen LogP contribution in [0, 0.1) is 6.92 Å². The molecule has 0 amide bonds. The van der Waals surface area contributed by atoms with E-state index in [1.165, 1.54) is 5.56 Å². The van der Waals surface area contributed by atoms with Crippen molar-refractivity contribution in [1.82, 2.24) is 0 Å². The van der Waals surface area contributed by atoms with Crippen molar-refractivity contribution in [2.75, 3.05) is 0 Å². The summed E-state index contributed by atoms with van der Waals surface area (Å²) in [6.07, 6.45) is 2.07. The molecule has 1 aliphatic rings. The zero-order valence-electron chi connectivity index (χ0n) is 6.05. The Kier molecular flexibility index (Phi) is 1.11.